The van der Waals surface area contributed by atoms with E-state index in [1.54, 1.807) is 17.0 Å². The summed E-state index contributed by atoms with van der Waals surface area (Å²) in [5.41, 5.74) is 3.25. The quantitative estimate of drug-likeness (QED) is 0.886. The second-order valence-corrected chi connectivity index (χ2v) is 5.96. The first-order valence-corrected chi connectivity index (χ1v) is 8.16. The van der Waals surface area contributed by atoms with Crippen LogP contribution in [0, 0.1) is 5.82 Å². The van der Waals surface area contributed by atoms with E-state index >= 15 is 0 Å². The lowest BCUT2D eigenvalue weighted by Gasteiger charge is -2.29. The van der Waals surface area contributed by atoms with Gasteiger partial charge in [-0.3, -0.25) is 0 Å². The van der Waals surface area contributed by atoms with Crippen LogP contribution in [0.25, 0.3) is 0 Å². The molecule has 0 fully saturated rings. The van der Waals surface area contributed by atoms with Gasteiger partial charge in [0.2, 0.25) is 0 Å². The lowest BCUT2D eigenvalue weighted by molar-refractivity contribution is 0.151. The molecule has 1 aliphatic rings. The van der Waals surface area contributed by atoms with Crippen LogP contribution in [0.15, 0.2) is 48.5 Å². The Kier molecular flexibility index (Phi) is 5.11. The van der Waals surface area contributed by atoms with E-state index in [2.05, 4.69) is 11.4 Å². The molecule has 0 aromatic heterocycles. The summed E-state index contributed by atoms with van der Waals surface area (Å²) in [6.07, 6.45) is 1.80. The molecule has 0 saturated heterocycles. The maximum absolute atomic E-state index is 12.9. The molecule has 1 atom stereocenters. The summed E-state index contributed by atoms with van der Waals surface area (Å²) < 4.78 is 12.9. The average Bonchev–Trinajstić information content (AvgIpc) is 3.03. The number of carbonyl (C=O) groups is 1. The molecule has 2 aromatic carbocycles. The smallest absolute Gasteiger partial charge is 0.318 e. The lowest BCUT2D eigenvalue weighted by atomic mass is 10.1. The molecular formula is C19H21FN2O2. The standard InChI is InChI=1S/C19H21FN2O2/c20-16-8-5-14(6-9-16)13-21-19(24)22(11-12-23)18-10-7-15-3-1-2-4-17(15)18/h1-6,8-9,18,23H,7,10-13H2,(H,21,24). The van der Waals surface area contributed by atoms with Crippen LogP contribution < -0.4 is 5.32 Å². The Morgan fingerprint density at radius 1 is 1.21 bits per heavy atom. The molecule has 3 rings (SSSR count). The van der Waals surface area contributed by atoms with Gasteiger partial charge in [0.1, 0.15) is 5.82 Å². The number of amides is 2. The molecule has 0 bridgehead atoms. The van der Waals surface area contributed by atoms with Gasteiger partial charge in [-0.2, -0.15) is 0 Å². The number of urea groups is 1. The molecule has 4 nitrogen and oxygen atoms in total. The highest BCUT2D eigenvalue weighted by Crippen LogP contribution is 2.35. The first-order valence-electron chi connectivity index (χ1n) is 8.16. The summed E-state index contributed by atoms with van der Waals surface area (Å²) in [4.78, 5) is 14.3. The van der Waals surface area contributed by atoms with Gasteiger partial charge in [-0.25, -0.2) is 9.18 Å². The van der Waals surface area contributed by atoms with E-state index in [9.17, 15) is 14.3 Å². The fourth-order valence-corrected chi connectivity index (χ4v) is 3.25. The molecule has 0 aliphatic heterocycles. The van der Waals surface area contributed by atoms with E-state index in [-0.39, 0.29) is 31.0 Å². The van der Waals surface area contributed by atoms with E-state index in [1.165, 1.54) is 17.7 Å². The Bertz CT molecular complexity index is 703. The van der Waals surface area contributed by atoms with E-state index in [1.807, 2.05) is 18.2 Å². The van der Waals surface area contributed by atoms with Crippen molar-refractivity contribution < 1.29 is 14.3 Å². The predicted molar refractivity (Wildman–Crippen MR) is 89.9 cm³/mol. The first kappa shape index (κ1) is 16.5. The molecular weight excluding hydrogens is 307 g/mol. The molecule has 2 N–H and O–H groups in total. The van der Waals surface area contributed by atoms with Crippen molar-refractivity contribution in [2.75, 3.05) is 13.2 Å². The number of halogens is 1. The Hall–Kier alpha value is -2.40. The summed E-state index contributed by atoms with van der Waals surface area (Å²) in [5, 5.41) is 12.2. The topological polar surface area (TPSA) is 52.6 Å². The molecule has 126 valence electrons. The largest absolute Gasteiger partial charge is 0.395 e. The summed E-state index contributed by atoms with van der Waals surface area (Å²) in [6, 6.07) is 13.9. The third kappa shape index (κ3) is 3.57. The van der Waals surface area contributed by atoms with Gasteiger partial charge < -0.3 is 15.3 Å². The van der Waals surface area contributed by atoms with Crippen molar-refractivity contribution in [1.29, 1.82) is 0 Å². The monoisotopic (exact) mass is 328 g/mol. The molecule has 2 amide bonds. The summed E-state index contributed by atoms with van der Waals surface area (Å²) in [5.74, 6) is -0.297. The van der Waals surface area contributed by atoms with Gasteiger partial charge in [0.05, 0.1) is 12.6 Å². The van der Waals surface area contributed by atoms with Crippen molar-refractivity contribution in [2.45, 2.75) is 25.4 Å². The zero-order valence-corrected chi connectivity index (χ0v) is 13.4. The van der Waals surface area contributed by atoms with Gasteiger partial charge in [-0.1, -0.05) is 36.4 Å². The molecule has 24 heavy (non-hydrogen) atoms. The van der Waals surface area contributed by atoms with Crippen LogP contribution >= 0.6 is 0 Å². The third-order valence-electron chi connectivity index (χ3n) is 4.44. The van der Waals surface area contributed by atoms with Crippen molar-refractivity contribution in [3.05, 3.63) is 71.0 Å². The maximum Gasteiger partial charge on any atom is 0.318 e. The summed E-state index contributed by atoms with van der Waals surface area (Å²) >= 11 is 0. The van der Waals surface area contributed by atoms with Crippen LogP contribution in [0.5, 0.6) is 0 Å². The first-order chi connectivity index (χ1) is 11.7. The van der Waals surface area contributed by atoms with Gasteiger partial charge in [-0.05, 0) is 41.7 Å². The average molecular weight is 328 g/mol. The van der Waals surface area contributed by atoms with E-state index in [0.29, 0.717) is 6.54 Å². The fourth-order valence-electron chi connectivity index (χ4n) is 3.25. The minimum absolute atomic E-state index is 0.0124. The van der Waals surface area contributed by atoms with E-state index < -0.39 is 0 Å². The van der Waals surface area contributed by atoms with Gasteiger partial charge in [0.25, 0.3) is 0 Å². The summed E-state index contributed by atoms with van der Waals surface area (Å²) in [6.45, 7) is 0.534. The number of aryl methyl sites for hydroxylation is 1. The molecule has 0 saturated carbocycles. The minimum atomic E-state index is -0.297. The number of benzene rings is 2. The summed E-state index contributed by atoms with van der Waals surface area (Å²) in [7, 11) is 0. The molecule has 0 spiro atoms. The Morgan fingerprint density at radius 3 is 2.71 bits per heavy atom. The highest BCUT2D eigenvalue weighted by Gasteiger charge is 2.30. The highest BCUT2D eigenvalue weighted by atomic mass is 19.1. The van der Waals surface area contributed by atoms with Crippen LogP contribution in [0.3, 0.4) is 0 Å². The SMILES string of the molecule is O=C(NCc1ccc(F)cc1)N(CCO)C1CCc2ccccc21. The molecule has 1 unspecified atom stereocenters. The van der Waals surface area contributed by atoms with Gasteiger partial charge in [-0.15, -0.1) is 0 Å². The fraction of sp³-hybridized carbons (Fsp3) is 0.316. The molecule has 0 radical (unpaired) electrons. The number of aliphatic hydroxyl groups is 1. The van der Waals surface area contributed by atoms with Crippen LogP contribution in [-0.2, 0) is 13.0 Å². The van der Waals surface area contributed by atoms with E-state index in [0.717, 1.165) is 24.0 Å². The van der Waals surface area contributed by atoms with Crippen LogP contribution in [0.2, 0.25) is 0 Å². The zero-order valence-electron chi connectivity index (χ0n) is 13.4. The number of nitrogens with zero attached hydrogens (tertiary/aromatic N) is 1. The zero-order chi connectivity index (χ0) is 16.9. The van der Waals surface area contributed by atoms with Crippen LogP contribution in [0.1, 0.15) is 29.2 Å². The molecule has 0 heterocycles. The number of rotatable bonds is 5. The minimum Gasteiger partial charge on any atom is -0.395 e. The maximum atomic E-state index is 12.9. The second kappa shape index (κ2) is 7.45. The van der Waals surface area contributed by atoms with Gasteiger partial charge in [0, 0.05) is 13.1 Å². The Labute approximate surface area is 140 Å². The molecule has 5 heteroatoms. The third-order valence-corrected chi connectivity index (χ3v) is 4.44. The number of aliphatic hydroxyl groups excluding tert-OH is 1. The molecule has 2 aromatic rings. The van der Waals surface area contributed by atoms with Crippen LogP contribution in [-0.4, -0.2) is 29.2 Å². The Balaban J connectivity index is 1.69. The van der Waals surface area contributed by atoms with Crippen molar-refractivity contribution >= 4 is 6.03 Å². The predicted octanol–water partition coefficient (Wildman–Crippen LogP) is 3.02. The van der Waals surface area contributed by atoms with Crippen molar-refractivity contribution in [3.63, 3.8) is 0 Å². The van der Waals surface area contributed by atoms with Crippen molar-refractivity contribution in [1.82, 2.24) is 10.2 Å². The number of nitrogens with one attached hydrogen (secondary N) is 1. The van der Waals surface area contributed by atoms with Crippen molar-refractivity contribution in [2.24, 2.45) is 0 Å². The number of hydrogen-bond acceptors (Lipinski definition) is 2. The van der Waals surface area contributed by atoms with Gasteiger partial charge >= 0.3 is 6.03 Å². The van der Waals surface area contributed by atoms with Crippen molar-refractivity contribution in [3.8, 4) is 0 Å². The number of carbonyl (C=O) groups excluding carboxylic acids is 1. The van der Waals surface area contributed by atoms with E-state index in [4.69, 9.17) is 0 Å². The number of fused-ring (bicyclic) bond motifs is 1. The Morgan fingerprint density at radius 2 is 1.96 bits per heavy atom. The highest BCUT2D eigenvalue weighted by molar-refractivity contribution is 5.75. The second-order valence-electron chi connectivity index (χ2n) is 5.96. The van der Waals surface area contributed by atoms with Gasteiger partial charge in [0.15, 0.2) is 0 Å². The molecule has 1 aliphatic carbocycles. The lowest BCUT2D eigenvalue weighted by Crippen LogP contribution is -2.43. The number of hydrogen-bond donors (Lipinski definition) is 2. The van der Waals surface area contributed by atoms with Crippen LogP contribution in [0.4, 0.5) is 9.18 Å². The normalized spacial score (nSPS) is 15.8.